The molecule has 10 heteroatoms. The van der Waals surface area contributed by atoms with E-state index in [0.29, 0.717) is 57.7 Å². The maximum atomic E-state index is 13.4. The van der Waals surface area contributed by atoms with E-state index in [1.165, 1.54) is 5.56 Å². The van der Waals surface area contributed by atoms with Gasteiger partial charge >= 0.3 is 11.7 Å². The van der Waals surface area contributed by atoms with Gasteiger partial charge in [0.05, 0.1) is 12.1 Å². The number of methoxy groups -OCH3 is 1. The summed E-state index contributed by atoms with van der Waals surface area (Å²) >= 11 is 0. The minimum Gasteiger partial charge on any atom is -0.383 e. The number of amides is 3. The second-order valence-electron chi connectivity index (χ2n) is 9.85. The first-order valence-corrected chi connectivity index (χ1v) is 13.0. The van der Waals surface area contributed by atoms with Crippen molar-refractivity contribution in [2.24, 2.45) is 0 Å². The minimum absolute atomic E-state index is 0.00909. The van der Waals surface area contributed by atoms with Gasteiger partial charge in [-0.2, -0.15) is 0 Å². The third-order valence-corrected chi connectivity index (χ3v) is 7.60. The van der Waals surface area contributed by atoms with Crippen LogP contribution >= 0.6 is 0 Å². The van der Waals surface area contributed by atoms with Gasteiger partial charge in [-0.25, -0.2) is 14.6 Å². The molecule has 0 bridgehead atoms. The molecule has 2 aliphatic heterocycles. The second kappa shape index (κ2) is 11.2. The van der Waals surface area contributed by atoms with Crippen LogP contribution < -0.4 is 11.0 Å². The Morgan fingerprint density at radius 3 is 2.62 bits per heavy atom. The quantitative estimate of drug-likeness (QED) is 0.534. The van der Waals surface area contributed by atoms with Gasteiger partial charge in [-0.15, -0.1) is 0 Å². The van der Waals surface area contributed by atoms with E-state index in [-0.39, 0.29) is 29.6 Å². The molecule has 1 aromatic carbocycles. The lowest BCUT2D eigenvalue weighted by molar-refractivity contribution is -0.133. The van der Waals surface area contributed by atoms with E-state index in [0.717, 1.165) is 11.9 Å². The maximum absolute atomic E-state index is 13.4. The number of carbonyl (C=O) groups excluding carboxylic acids is 2. The van der Waals surface area contributed by atoms with Crippen molar-refractivity contribution < 1.29 is 14.3 Å². The number of nitrogens with one attached hydrogen (secondary N) is 2. The highest BCUT2D eigenvalue weighted by Gasteiger charge is 2.34. The minimum atomic E-state index is -0.571. The molecule has 2 fully saturated rings. The summed E-state index contributed by atoms with van der Waals surface area (Å²) in [6.45, 7) is 2.57. The first kappa shape index (κ1) is 25.0. The summed E-state index contributed by atoms with van der Waals surface area (Å²) in [5.74, 6) is 0.153. The Labute approximate surface area is 215 Å². The number of aromatic amines is 1. The molecule has 10 nitrogen and oxygen atoms in total. The molecule has 37 heavy (non-hydrogen) atoms. The molecule has 2 unspecified atom stereocenters. The van der Waals surface area contributed by atoms with Crippen LogP contribution in [0.2, 0.25) is 0 Å². The zero-order valence-electron chi connectivity index (χ0n) is 21.1. The summed E-state index contributed by atoms with van der Waals surface area (Å²) in [6, 6.07) is 13.1. The Hall–Kier alpha value is -3.66. The average Bonchev–Trinajstić information content (AvgIpc) is 3.19. The van der Waals surface area contributed by atoms with E-state index < -0.39 is 6.04 Å². The Morgan fingerprint density at radius 2 is 1.86 bits per heavy atom. The third-order valence-electron chi connectivity index (χ3n) is 7.60. The average molecular weight is 507 g/mol. The number of imidazole rings is 1. The standard InChI is InChI=1S/C27H34N6O4/c1-37-17-16-32-18-20(19-6-3-2-4-7-19)9-10-22(25(32)34)29-26(35)31-14-11-21(12-15-31)33-23-8-5-13-28-24(23)30-27(33)36/h2-8,13,20-22H,9-12,14-18H2,1H3,(H,29,35)(H,28,30,36). The molecule has 2 aromatic heterocycles. The fourth-order valence-corrected chi connectivity index (χ4v) is 5.58. The molecule has 2 atom stereocenters. The van der Waals surface area contributed by atoms with Crippen LogP contribution in [0.4, 0.5) is 4.79 Å². The number of rotatable bonds is 6. The molecule has 0 saturated carbocycles. The van der Waals surface area contributed by atoms with Crippen LogP contribution in [0.1, 0.15) is 43.2 Å². The highest BCUT2D eigenvalue weighted by Crippen LogP contribution is 2.28. The van der Waals surface area contributed by atoms with Crippen molar-refractivity contribution in [3.63, 3.8) is 0 Å². The number of nitrogens with zero attached hydrogens (tertiary/aromatic N) is 4. The number of likely N-dealkylation sites (tertiary alicyclic amines) is 2. The maximum Gasteiger partial charge on any atom is 0.327 e. The van der Waals surface area contributed by atoms with Crippen molar-refractivity contribution in [3.05, 3.63) is 64.7 Å². The largest absolute Gasteiger partial charge is 0.383 e. The van der Waals surface area contributed by atoms with Crippen LogP contribution in [0.3, 0.4) is 0 Å². The van der Waals surface area contributed by atoms with Gasteiger partial charge in [-0.1, -0.05) is 30.3 Å². The smallest absolute Gasteiger partial charge is 0.327 e. The third kappa shape index (κ3) is 5.39. The number of piperidine rings is 1. The molecular formula is C27H34N6O4. The fraction of sp³-hybridized carbons (Fsp3) is 0.481. The van der Waals surface area contributed by atoms with Gasteiger partial charge in [0.25, 0.3) is 0 Å². The predicted molar refractivity (Wildman–Crippen MR) is 139 cm³/mol. The van der Waals surface area contributed by atoms with Crippen LogP contribution in [0.15, 0.2) is 53.5 Å². The number of aromatic nitrogens is 3. The zero-order chi connectivity index (χ0) is 25.8. The molecule has 0 radical (unpaired) electrons. The van der Waals surface area contributed by atoms with Crippen LogP contribution in [-0.2, 0) is 9.53 Å². The lowest BCUT2D eigenvalue weighted by atomic mass is 9.94. The molecule has 5 rings (SSSR count). The van der Waals surface area contributed by atoms with E-state index in [2.05, 4.69) is 27.4 Å². The van der Waals surface area contributed by atoms with E-state index in [4.69, 9.17) is 4.74 Å². The fourth-order valence-electron chi connectivity index (χ4n) is 5.58. The van der Waals surface area contributed by atoms with Crippen molar-refractivity contribution in [2.75, 3.05) is 39.9 Å². The van der Waals surface area contributed by atoms with Gasteiger partial charge in [0.15, 0.2) is 5.65 Å². The van der Waals surface area contributed by atoms with Crippen LogP contribution in [0.5, 0.6) is 0 Å². The summed E-state index contributed by atoms with van der Waals surface area (Å²) in [4.78, 5) is 49.8. The lowest BCUT2D eigenvalue weighted by Gasteiger charge is -2.34. The molecular weight excluding hydrogens is 472 g/mol. The molecule has 4 heterocycles. The first-order valence-electron chi connectivity index (χ1n) is 13.0. The predicted octanol–water partition coefficient (Wildman–Crippen LogP) is 2.49. The SMILES string of the molecule is COCCN1CC(c2ccccc2)CCC(NC(=O)N2CCC(n3c(=O)[nH]c4ncccc43)CC2)C1=O. The van der Waals surface area contributed by atoms with Crippen molar-refractivity contribution in [1.82, 2.24) is 29.7 Å². The van der Waals surface area contributed by atoms with Crippen LogP contribution in [-0.4, -0.2) is 82.2 Å². The van der Waals surface area contributed by atoms with Crippen molar-refractivity contribution in [1.29, 1.82) is 0 Å². The van der Waals surface area contributed by atoms with E-state index in [1.54, 1.807) is 22.8 Å². The van der Waals surface area contributed by atoms with Crippen molar-refractivity contribution >= 4 is 23.1 Å². The van der Waals surface area contributed by atoms with Crippen molar-refractivity contribution in [2.45, 2.75) is 43.7 Å². The summed E-state index contributed by atoms with van der Waals surface area (Å²) in [7, 11) is 1.63. The Bertz CT molecular complexity index is 1280. The summed E-state index contributed by atoms with van der Waals surface area (Å²) < 4.78 is 7.00. The molecule has 0 spiro atoms. The van der Waals surface area contributed by atoms with E-state index >= 15 is 0 Å². The van der Waals surface area contributed by atoms with Gasteiger partial charge in [0.1, 0.15) is 6.04 Å². The number of ether oxygens (including phenoxy) is 1. The molecule has 2 N–H and O–H groups in total. The molecule has 3 aromatic rings. The number of benzene rings is 1. The van der Waals surface area contributed by atoms with Gasteiger partial charge in [0, 0.05) is 51.4 Å². The summed E-state index contributed by atoms with van der Waals surface area (Å²) in [5.41, 5.74) is 2.38. The molecule has 2 aliphatic rings. The number of fused-ring (bicyclic) bond motifs is 1. The Kier molecular flexibility index (Phi) is 7.55. The molecule has 3 amide bonds. The second-order valence-corrected chi connectivity index (χ2v) is 9.85. The zero-order valence-corrected chi connectivity index (χ0v) is 21.1. The Balaban J connectivity index is 1.23. The summed E-state index contributed by atoms with van der Waals surface area (Å²) in [6.07, 6.45) is 4.36. The van der Waals surface area contributed by atoms with E-state index in [9.17, 15) is 14.4 Å². The number of H-pyrrole nitrogens is 1. The first-order chi connectivity index (χ1) is 18.0. The number of urea groups is 1. The molecule has 196 valence electrons. The number of carbonyl (C=O) groups is 2. The monoisotopic (exact) mass is 506 g/mol. The topological polar surface area (TPSA) is 113 Å². The highest BCUT2D eigenvalue weighted by atomic mass is 16.5. The van der Waals surface area contributed by atoms with Gasteiger partial charge in [-0.3, -0.25) is 14.3 Å². The number of hydrogen-bond acceptors (Lipinski definition) is 5. The van der Waals surface area contributed by atoms with Crippen LogP contribution in [0, 0.1) is 0 Å². The van der Waals surface area contributed by atoms with Crippen molar-refractivity contribution in [3.8, 4) is 0 Å². The lowest BCUT2D eigenvalue weighted by Crippen LogP contribution is -2.53. The molecule has 2 saturated heterocycles. The van der Waals surface area contributed by atoms with Gasteiger partial charge < -0.3 is 19.9 Å². The van der Waals surface area contributed by atoms with Gasteiger partial charge in [0.2, 0.25) is 5.91 Å². The normalized spacial score (nSPS) is 21.3. The number of pyridine rings is 1. The highest BCUT2D eigenvalue weighted by molar-refractivity contribution is 5.87. The molecule has 0 aliphatic carbocycles. The Morgan fingerprint density at radius 1 is 1.08 bits per heavy atom. The van der Waals surface area contributed by atoms with Gasteiger partial charge in [-0.05, 0) is 43.4 Å². The van der Waals surface area contributed by atoms with E-state index in [1.807, 2.05) is 35.2 Å². The summed E-state index contributed by atoms with van der Waals surface area (Å²) in [5, 5.41) is 3.02. The van der Waals surface area contributed by atoms with Crippen LogP contribution in [0.25, 0.3) is 11.2 Å². The number of hydrogen-bond donors (Lipinski definition) is 2.